The van der Waals surface area contributed by atoms with Crippen molar-refractivity contribution in [3.8, 4) is 0 Å². The predicted octanol–water partition coefficient (Wildman–Crippen LogP) is 1.55. The number of rotatable bonds is 3. The third kappa shape index (κ3) is 3.89. The number of allylic oxidation sites excluding steroid dienone is 2. The van der Waals surface area contributed by atoms with Gasteiger partial charge in [-0.3, -0.25) is 0 Å². The number of hydrogen-bond donors (Lipinski definition) is 1. The summed E-state index contributed by atoms with van der Waals surface area (Å²) in [5.74, 6) is 0. The van der Waals surface area contributed by atoms with Crippen LogP contribution in [0.1, 0.15) is 13.8 Å². The predicted molar refractivity (Wildman–Crippen MR) is 38.9 cm³/mol. The largest absolute Gasteiger partial charge is 0.395 e. The highest BCUT2D eigenvalue weighted by Gasteiger charge is 2.12. The Labute approximate surface area is 56.7 Å². The minimum absolute atomic E-state index is 0.143. The van der Waals surface area contributed by atoms with Gasteiger partial charge in [0.1, 0.15) is 0 Å². The normalized spacial score (nSPS) is 12.2. The molecule has 0 unspecified atom stereocenters. The molecule has 0 fully saturated rings. The smallest absolute Gasteiger partial charge is 0.151 e. The Hall–Kier alpha value is -0.650. The molecule has 1 heteroatoms. The maximum Gasteiger partial charge on any atom is 0.151 e. The Balaban J connectivity index is 3.84. The van der Waals surface area contributed by atoms with E-state index in [0.717, 1.165) is 0 Å². The molecule has 0 radical (unpaired) electrons. The standard InChI is InChI=1S/C8H13O/c1-4-5-6-8(2,3)7-9/h1,4-6,9H,7H2,2-3H3/q+1/b6-5+. The molecule has 0 saturated heterocycles. The summed E-state index contributed by atoms with van der Waals surface area (Å²) in [6.45, 7) is 9.12. The highest BCUT2D eigenvalue weighted by molar-refractivity contribution is 5.02. The van der Waals surface area contributed by atoms with Crippen LogP contribution in [0.4, 0.5) is 0 Å². The molecule has 0 heterocycles. The summed E-state index contributed by atoms with van der Waals surface area (Å²) in [4.78, 5) is 0. The summed E-state index contributed by atoms with van der Waals surface area (Å²) in [5.41, 5.74) is -0.143. The lowest BCUT2D eigenvalue weighted by atomic mass is 9.94. The van der Waals surface area contributed by atoms with Crippen molar-refractivity contribution in [2.75, 3.05) is 6.61 Å². The second-order valence-corrected chi connectivity index (χ2v) is 2.70. The highest BCUT2D eigenvalue weighted by Crippen LogP contribution is 2.14. The van der Waals surface area contributed by atoms with Crippen LogP contribution < -0.4 is 0 Å². The third-order valence-corrected chi connectivity index (χ3v) is 1.07. The topological polar surface area (TPSA) is 20.2 Å². The number of hydrogen-bond acceptors (Lipinski definition) is 1. The Bertz CT molecular complexity index is 112. The van der Waals surface area contributed by atoms with Crippen molar-refractivity contribution in [1.29, 1.82) is 0 Å². The first-order valence-electron chi connectivity index (χ1n) is 2.96. The van der Waals surface area contributed by atoms with Gasteiger partial charge in [-0.05, 0) is 0 Å². The van der Waals surface area contributed by atoms with Crippen molar-refractivity contribution in [2.45, 2.75) is 13.8 Å². The van der Waals surface area contributed by atoms with Crippen molar-refractivity contribution in [3.05, 3.63) is 24.8 Å². The molecule has 9 heavy (non-hydrogen) atoms. The van der Waals surface area contributed by atoms with Gasteiger partial charge in [0.05, 0.1) is 12.7 Å². The van der Waals surface area contributed by atoms with E-state index in [1.807, 2.05) is 19.9 Å². The van der Waals surface area contributed by atoms with Crippen LogP contribution >= 0.6 is 0 Å². The molecular weight excluding hydrogens is 112 g/mol. The average molecular weight is 125 g/mol. The Kier molecular flexibility index (Phi) is 3.15. The molecule has 50 valence electrons. The fraction of sp³-hybridized carbons (Fsp3) is 0.500. The molecule has 0 aliphatic carbocycles. The Morgan fingerprint density at radius 2 is 2.11 bits per heavy atom. The van der Waals surface area contributed by atoms with E-state index in [1.165, 1.54) is 6.08 Å². The first-order chi connectivity index (χ1) is 4.12. The van der Waals surface area contributed by atoms with Gasteiger partial charge in [-0.25, -0.2) is 0 Å². The first-order valence-corrected chi connectivity index (χ1v) is 2.96. The number of aliphatic hydroxyl groups excluding tert-OH is 1. The summed E-state index contributed by atoms with van der Waals surface area (Å²) in [6.07, 6.45) is 5.06. The number of aliphatic hydroxyl groups is 1. The summed E-state index contributed by atoms with van der Waals surface area (Å²) < 4.78 is 0. The van der Waals surface area contributed by atoms with Crippen LogP contribution in [0.25, 0.3) is 0 Å². The van der Waals surface area contributed by atoms with E-state index >= 15 is 0 Å². The molecule has 0 aliphatic rings. The summed E-state index contributed by atoms with van der Waals surface area (Å²) >= 11 is 0. The third-order valence-electron chi connectivity index (χ3n) is 1.07. The average Bonchev–Trinajstić information content (AvgIpc) is 1.84. The van der Waals surface area contributed by atoms with Crippen molar-refractivity contribution in [1.82, 2.24) is 0 Å². The van der Waals surface area contributed by atoms with Gasteiger partial charge in [0, 0.05) is 18.1 Å². The second kappa shape index (κ2) is 3.39. The monoisotopic (exact) mass is 125 g/mol. The molecule has 0 bridgehead atoms. The van der Waals surface area contributed by atoms with Crippen LogP contribution in [-0.4, -0.2) is 11.7 Å². The van der Waals surface area contributed by atoms with E-state index in [2.05, 4.69) is 0 Å². The maximum atomic E-state index is 8.71. The molecule has 0 rings (SSSR count). The first kappa shape index (κ1) is 8.35. The summed E-state index contributed by atoms with van der Waals surface area (Å²) in [7, 11) is 0. The van der Waals surface area contributed by atoms with Crippen LogP contribution in [0.2, 0.25) is 0 Å². The van der Waals surface area contributed by atoms with Crippen molar-refractivity contribution in [3.63, 3.8) is 0 Å². The van der Waals surface area contributed by atoms with Crippen molar-refractivity contribution in [2.24, 2.45) is 5.41 Å². The lowest BCUT2D eigenvalue weighted by molar-refractivity contribution is 0.199. The molecule has 1 N–H and O–H groups in total. The molecule has 1 nitrogen and oxygen atoms in total. The molecule has 0 aromatic carbocycles. The van der Waals surface area contributed by atoms with Gasteiger partial charge in [0.25, 0.3) is 0 Å². The molecule has 0 spiro atoms. The van der Waals surface area contributed by atoms with Crippen LogP contribution in [0, 0.1) is 12.0 Å². The SMILES string of the molecule is [CH+]=C/C=C/C(C)(C)CO. The summed E-state index contributed by atoms with van der Waals surface area (Å²) in [5, 5.41) is 8.71. The minimum Gasteiger partial charge on any atom is -0.395 e. The zero-order valence-electron chi connectivity index (χ0n) is 5.96. The van der Waals surface area contributed by atoms with E-state index in [0.29, 0.717) is 0 Å². The van der Waals surface area contributed by atoms with E-state index in [1.54, 1.807) is 6.08 Å². The van der Waals surface area contributed by atoms with Gasteiger partial charge >= 0.3 is 0 Å². The van der Waals surface area contributed by atoms with Gasteiger partial charge in [-0.1, -0.05) is 13.8 Å². The van der Waals surface area contributed by atoms with Gasteiger partial charge in [0.15, 0.2) is 6.08 Å². The zero-order valence-corrected chi connectivity index (χ0v) is 5.96. The van der Waals surface area contributed by atoms with Gasteiger partial charge in [-0.15, -0.1) is 0 Å². The van der Waals surface area contributed by atoms with Crippen LogP contribution in [0.5, 0.6) is 0 Å². The second-order valence-electron chi connectivity index (χ2n) is 2.70. The lowest BCUT2D eigenvalue weighted by Gasteiger charge is -2.12. The van der Waals surface area contributed by atoms with Gasteiger partial charge in [0.2, 0.25) is 0 Å². The Morgan fingerprint density at radius 1 is 1.56 bits per heavy atom. The molecular formula is C8H13O+. The zero-order chi connectivity index (χ0) is 7.33. The van der Waals surface area contributed by atoms with E-state index < -0.39 is 0 Å². The van der Waals surface area contributed by atoms with Crippen LogP contribution in [0.3, 0.4) is 0 Å². The van der Waals surface area contributed by atoms with E-state index in [9.17, 15) is 0 Å². The van der Waals surface area contributed by atoms with Crippen molar-refractivity contribution < 1.29 is 5.11 Å². The molecule has 0 aromatic rings. The van der Waals surface area contributed by atoms with E-state index in [-0.39, 0.29) is 12.0 Å². The minimum atomic E-state index is -0.143. The lowest BCUT2D eigenvalue weighted by Crippen LogP contribution is -2.12. The quantitative estimate of drug-likeness (QED) is 0.448. The van der Waals surface area contributed by atoms with Crippen LogP contribution in [0.15, 0.2) is 18.2 Å². The van der Waals surface area contributed by atoms with Gasteiger partial charge in [-0.2, -0.15) is 0 Å². The molecule has 0 atom stereocenters. The highest BCUT2D eigenvalue weighted by atomic mass is 16.3. The molecule has 0 aromatic heterocycles. The Morgan fingerprint density at radius 3 is 2.44 bits per heavy atom. The van der Waals surface area contributed by atoms with E-state index in [4.69, 9.17) is 11.7 Å². The fourth-order valence-corrected chi connectivity index (χ4v) is 0.369. The maximum absolute atomic E-state index is 8.71. The fourth-order valence-electron chi connectivity index (χ4n) is 0.369. The summed E-state index contributed by atoms with van der Waals surface area (Å²) in [6, 6.07) is 0. The molecule has 0 saturated carbocycles. The molecule has 0 amide bonds. The van der Waals surface area contributed by atoms with Crippen LogP contribution in [-0.2, 0) is 0 Å². The van der Waals surface area contributed by atoms with Crippen molar-refractivity contribution >= 4 is 0 Å². The molecule has 0 aliphatic heterocycles. The van der Waals surface area contributed by atoms with Gasteiger partial charge < -0.3 is 5.11 Å².